The normalized spacial score (nSPS) is 16.8. The number of fused-ring (bicyclic) bond motifs is 1. The molecule has 2 aromatic carbocycles. The van der Waals surface area contributed by atoms with Crippen molar-refractivity contribution in [3.8, 4) is 5.75 Å². The summed E-state index contributed by atoms with van der Waals surface area (Å²) in [5, 5.41) is 15.7. The largest absolute Gasteiger partial charge is 0.485 e. The number of nitrogens with zero attached hydrogens (tertiary/aromatic N) is 4. The van der Waals surface area contributed by atoms with Crippen molar-refractivity contribution in [1.82, 2.24) is 14.9 Å². The molecule has 1 aliphatic heterocycles. The van der Waals surface area contributed by atoms with Crippen LogP contribution in [0.2, 0.25) is 0 Å². The van der Waals surface area contributed by atoms with Crippen LogP contribution in [0.5, 0.6) is 5.75 Å². The van der Waals surface area contributed by atoms with Crippen molar-refractivity contribution in [3.05, 3.63) is 64.5 Å². The van der Waals surface area contributed by atoms with Crippen LogP contribution in [0.4, 0.5) is 11.5 Å². The highest BCUT2D eigenvalue weighted by atomic mass is 16.6. The molecule has 3 aromatic rings. The topological polar surface area (TPSA) is 120 Å². The van der Waals surface area contributed by atoms with Gasteiger partial charge in [-0.15, -0.1) is 0 Å². The number of nitrogens with one attached hydrogen (secondary N) is 1. The maximum atomic E-state index is 11.9. The maximum absolute atomic E-state index is 11.9. The zero-order valence-corrected chi connectivity index (χ0v) is 19.1. The Morgan fingerprint density at radius 1 is 1.29 bits per heavy atom. The van der Waals surface area contributed by atoms with E-state index in [-0.39, 0.29) is 36.1 Å². The third-order valence-electron chi connectivity index (χ3n) is 6.04. The Hall–Kier alpha value is -3.79. The van der Waals surface area contributed by atoms with E-state index in [0.717, 1.165) is 24.9 Å². The summed E-state index contributed by atoms with van der Waals surface area (Å²) in [7, 11) is 1.37. The number of aromatic nitrogens is 2. The minimum absolute atomic E-state index is 0.0579. The summed E-state index contributed by atoms with van der Waals surface area (Å²) in [6.07, 6.45) is 3.05. The van der Waals surface area contributed by atoms with Gasteiger partial charge in [-0.05, 0) is 31.9 Å². The Balaban J connectivity index is 1.53. The van der Waals surface area contributed by atoms with E-state index in [2.05, 4.69) is 15.3 Å². The SMILES string of the molecule is COC(=O)[C@@H]1CCCN1CCOc1cc2ncnc(N[C@H](C)c3ccccc3)c2cc1[N+](=O)[O-]. The van der Waals surface area contributed by atoms with Gasteiger partial charge in [0.2, 0.25) is 0 Å². The second kappa shape index (κ2) is 10.4. The molecular weight excluding hydrogens is 438 g/mol. The van der Waals surface area contributed by atoms with Crippen molar-refractivity contribution < 1.29 is 19.2 Å². The third-order valence-corrected chi connectivity index (χ3v) is 6.04. The van der Waals surface area contributed by atoms with Gasteiger partial charge in [0, 0.05) is 30.1 Å². The molecule has 1 fully saturated rings. The number of carbonyl (C=O) groups excluding carboxylic acids is 1. The first-order valence-corrected chi connectivity index (χ1v) is 11.2. The minimum atomic E-state index is -0.473. The highest BCUT2D eigenvalue weighted by Gasteiger charge is 2.31. The zero-order valence-electron chi connectivity index (χ0n) is 19.1. The van der Waals surface area contributed by atoms with Crippen LogP contribution in [0, 0.1) is 10.1 Å². The van der Waals surface area contributed by atoms with Crippen LogP contribution >= 0.6 is 0 Å². The lowest BCUT2D eigenvalue weighted by molar-refractivity contribution is -0.385. The number of nitro benzene ring substituents is 1. The third kappa shape index (κ3) is 5.07. The number of esters is 1. The van der Waals surface area contributed by atoms with Crippen LogP contribution in [-0.4, -0.2) is 58.6 Å². The molecule has 0 unspecified atom stereocenters. The van der Waals surface area contributed by atoms with Gasteiger partial charge in [-0.2, -0.15) is 0 Å². The van der Waals surface area contributed by atoms with E-state index in [9.17, 15) is 14.9 Å². The number of likely N-dealkylation sites (tertiary alicyclic amines) is 1. The average Bonchev–Trinajstić information content (AvgIpc) is 3.32. The van der Waals surface area contributed by atoms with E-state index < -0.39 is 4.92 Å². The van der Waals surface area contributed by atoms with E-state index in [1.807, 2.05) is 42.2 Å². The van der Waals surface area contributed by atoms with E-state index in [4.69, 9.17) is 9.47 Å². The van der Waals surface area contributed by atoms with Gasteiger partial charge in [0.1, 0.15) is 24.8 Å². The van der Waals surface area contributed by atoms with Crippen LogP contribution in [0.1, 0.15) is 31.4 Å². The quantitative estimate of drug-likeness (QED) is 0.286. The molecule has 1 N–H and O–H groups in total. The number of anilines is 1. The van der Waals surface area contributed by atoms with Crippen LogP contribution in [-0.2, 0) is 9.53 Å². The highest BCUT2D eigenvalue weighted by Crippen LogP contribution is 2.34. The van der Waals surface area contributed by atoms with Crippen molar-refractivity contribution in [2.75, 3.05) is 32.1 Å². The number of carbonyl (C=O) groups is 1. The molecule has 0 radical (unpaired) electrons. The molecular formula is C24H27N5O5. The molecule has 10 nitrogen and oxygen atoms in total. The van der Waals surface area contributed by atoms with Gasteiger partial charge >= 0.3 is 11.7 Å². The highest BCUT2D eigenvalue weighted by molar-refractivity contribution is 5.92. The van der Waals surface area contributed by atoms with Gasteiger partial charge in [-0.1, -0.05) is 30.3 Å². The summed E-state index contributed by atoms with van der Waals surface area (Å²) in [4.78, 5) is 33.9. The fourth-order valence-corrected chi connectivity index (χ4v) is 4.25. The van der Waals surface area contributed by atoms with E-state index in [1.54, 1.807) is 6.07 Å². The lowest BCUT2D eigenvalue weighted by Crippen LogP contribution is -2.39. The second-order valence-electron chi connectivity index (χ2n) is 8.16. The zero-order chi connectivity index (χ0) is 24.1. The number of methoxy groups -OCH3 is 1. The van der Waals surface area contributed by atoms with Crippen LogP contribution in [0.15, 0.2) is 48.8 Å². The van der Waals surface area contributed by atoms with Gasteiger partial charge in [0.15, 0.2) is 5.75 Å². The summed E-state index contributed by atoms with van der Waals surface area (Å²) >= 11 is 0. The second-order valence-corrected chi connectivity index (χ2v) is 8.16. The first kappa shape index (κ1) is 23.4. The fraction of sp³-hybridized carbons (Fsp3) is 0.375. The predicted molar refractivity (Wildman–Crippen MR) is 127 cm³/mol. The van der Waals surface area contributed by atoms with Crippen molar-refractivity contribution in [2.24, 2.45) is 0 Å². The molecule has 2 atom stereocenters. The Labute approximate surface area is 197 Å². The molecule has 0 spiro atoms. The number of rotatable bonds is 9. The maximum Gasteiger partial charge on any atom is 0.323 e. The lowest BCUT2D eigenvalue weighted by atomic mass is 10.1. The smallest absolute Gasteiger partial charge is 0.323 e. The molecule has 0 bridgehead atoms. The molecule has 1 aromatic heterocycles. The molecule has 2 heterocycles. The first-order valence-electron chi connectivity index (χ1n) is 11.2. The van der Waals surface area contributed by atoms with Crippen molar-refractivity contribution >= 4 is 28.4 Å². The molecule has 34 heavy (non-hydrogen) atoms. The molecule has 4 rings (SSSR count). The van der Waals surface area contributed by atoms with Gasteiger partial charge in [-0.25, -0.2) is 9.97 Å². The summed E-state index contributed by atoms with van der Waals surface area (Å²) in [5.74, 6) is 0.372. The van der Waals surface area contributed by atoms with Crippen LogP contribution < -0.4 is 10.1 Å². The Morgan fingerprint density at radius 2 is 2.09 bits per heavy atom. The number of nitro groups is 1. The molecule has 0 amide bonds. The van der Waals surface area contributed by atoms with E-state index in [1.165, 1.54) is 19.5 Å². The molecule has 0 aliphatic carbocycles. The summed E-state index contributed by atoms with van der Waals surface area (Å²) in [5.41, 5.74) is 1.44. The van der Waals surface area contributed by atoms with Crippen molar-refractivity contribution in [1.29, 1.82) is 0 Å². The standard InChI is InChI=1S/C24H27N5O5/c1-16(17-7-4-3-5-8-17)27-23-18-13-21(29(31)32)22(14-19(18)25-15-26-23)34-12-11-28-10-6-9-20(28)24(30)33-2/h3-5,7-8,13-16,20H,6,9-12H2,1-2H3,(H,25,26,27)/t16-,20+/m1/s1. The Kier molecular flexibility index (Phi) is 7.17. The number of ether oxygens (including phenoxy) is 2. The molecule has 178 valence electrons. The Bertz CT molecular complexity index is 1170. The summed E-state index contributed by atoms with van der Waals surface area (Å²) in [6, 6.07) is 12.5. The van der Waals surface area contributed by atoms with Crippen LogP contribution in [0.3, 0.4) is 0 Å². The van der Waals surface area contributed by atoms with Crippen molar-refractivity contribution in [3.63, 3.8) is 0 Å². The van der Waals surface area contributed by atoms with E-state index in [0.29, 0.717) is 23.3 Å². The minimum Gasteiger partial charge on any atom is -0.485 e. The number of benzene rings is 2. The predicted octanol–water partition coefficient (Wildman–Crippen LogP) is 3.73. The Morgan fingerprint density at radius 3 is 2.82 bits per heavy atom. The summed E-state index contributed by atoms with van der Waals surface area (Å²) in [6.45, 7) is 3.40. The molecule has 1 aliphatic rings. The van der Waals surface area contributed by atoms with Crippen LogP contribution in [0.25, 0.3) is 10.9 Å². The van der Waals surface area contributed by atoms with Gasteiger partial charge in [0.25, 0.3) is 0 Å². The lowest BCUT2D eigenvalue weighted by Gasteiger charge is -2.22. The summed E-state index contributed by atoms with van der Waals surface area (Å²) < 4.78 is 10.7. The first-order chi connectivity index (χ1) is 16.5. The van der Waals surface area contributed by atoms with Crippen molar-refractivity contribution in [2.45, 2.75) is 31.8 Å². The molecule has 0 saturated carbocycles. The van der Waals surface area contributed by atoms with Gasteiger partial charge in [-0.3, -0.25) is 19.8 Å². The molecule has 1 saturated heterocycles. The monoisotopic (exact) mass is 465 g/mol. The fourth-order valence-electron chi connectivity index (χ4n) is 4.25. The van der Waals surface area contributed by atoms with Gasteiger partial charge in [0.05, 0.1) is 17.5 Å². The molecule has 10 heteroatoms. The number of hydrogen-bond donors (Lipinski definition) is 1. The average molecular weight is 466 g/mol. The van der Waals surface area contributed by atoms with E-state index >= 15 is 0 Å². The van der Waals surface area contributed by atoms with Gasteiger partial charge < -0.3 is 14.8 Å². The number of hydrogen-bond acceptors (Lipinski definition) is 9.